The molecule has 2 nitrogen and oxygen atoms in total. The summed E-state index contributed by atoms with van der Waals surface area (Å²) in [5, 5.41) is 0. The van der Waals surface area contributed by atoms with Crippen LogP contribution < -0.4 is 0 Å². The number of halogens is 1. The second kappa shape index (κ2) is 3.62. The van der Waals surface area contributed by atoms with Crippen molar-refractivity contribution >= 4 is 21.5 Å². The van der Waals surface area contributed by atoms with E-state index in [-0.39, 0.29) is 0 Å². The molecule has 0 aliphatic rings. The van der Waals surface area contributed by atoms with Crippen molar-refractivity contribution in [2.24, 2.45) is 0 Å². The molecule has 58 valence electrons. The van der Waals surface area contributed by atoms with Gasteiger partial charge in [-0.15, -0.1) is 0 Å². The van der Waals surface area contributed by atoms with Crippen LogP contribution in [0.5, 0.6) is 0 Å². The molecule has 1 heterocycles. The third kappa shape index (κ3) is 2.12. The minimum absolute atomic E-state index is 0.788. The van der Waals surface area contributed by atoms with E-state index in [4.69, 9.17) is 0 Å². The summed E-state index contributed by atoms with van der Waals surface area (Å²) in [5.74, 6) is 0.788. The molecule has 0 aliphatic carbocycles. The SMILES string of the molecule is CC=C(C)c1ncc(Br)cn1. The van der Waals surface area contributed by atoms with Crippen LogP contribution in [0.2, 0.25) is 0 Å². The van der Waals surface area contributed by atoms with E-state index in [0.717, 1.165) is 15.9 Å². The van der Waals surface area contributed by atoms with Crippen LogP contribution in [0, 0.1) is 0 Å². The third-order valence-electron chi connectivity index (χ3n) is 1.41. The Hall–Kier alpha value is -0.700. The number of aromatic nitrogens is 2. The fourth-order valence-electron chi connectivity index (χ4n) is 0.645. The molecule has 0 saturated heterocycles. The van der Waals surface area contributed by atoms with Gasteiger partial charge in [0.15, 0.2) is 5.82 Å². The minimum atomic E-state index is 0.788. The van der Waals surface area contributed by atoms with Gasteiger partial charge in [-0.25, -0.2) is 9.97 Å². The topological polar surface area (TPSA) is 25.8 Å². The van der Waals surface area contributed by atoms with Gasteiger partial charge in [-0.2, -0.15) is 0 Å². The van der Waals surface area contributed by atoms with Crippen LogP contribution in [0.4, 0.5) is 0 Å². The van der Waals surface area contributed by atoms with Crippen LogP contribution in [-0.4, -0.2) is 9.97 Å². The van der Waals surface area contributed by atoms with Crippen molar-refractivity contribution in [1.82, 2.24) is 9.97 Å². The summed E-state index contributed by atoms with van der Waals surface area (Å²) in [5.41, 5.74) is 1.09. The molecule has 0 bridgehead atoms. The van der Waals surface area contributed by atoms with E-state index < -0.39 is 0 Å². The molecule has 0 fully saturated rings. The van der Waals surface area contributed by atoms with E-state index in [2.05, 4.69) is 25.9 Å². The molecular weight excluding hydrogens is 204 g/mol. The van der Waals surface area contributed by atoms with Crippen LogP contribution in [-0.2, 0) is 0 Å². The van der Waals surface area contributed by atoms with Crippen LogP contribution >= 0.6 is 15.9 Å². The van der Waals surface area contributed by atoms with Gasteiger partial charge in [0.1, 0.15) is 0 Å². The summed E-state index contributed by atoms with van der Waals surface area (Å²) in [6, 6.07) is 0. The van der Waals surface area contributed by atoms with Crippen LogP contribution in [0.25, 0.3) is 5.57 Å². The summed E-state index contributed by atoms with van der Waals surface area (Å²) in [4.78, 5) is 8.25. The summed E-state index contributed by atoms with van der Waals surface area (Å²) < 4.78 is 0.908. The zero-order valence-corrected chi connectivity index (χ0v) is 8.09. The largest absolute Gasteiger partial charge is 0.236 e. The maximum atomic E-state index is 4.12. The predicted octanol–water partition coefficient (Wildman–Crippen LogP) is 2.66. The molecule has 1 rings (SSSR count). The van der Waals surface area contributed by atoms with Crippen LogP contribution in [0.15, 0.2) is 22.9 Å². The summed E-state index contributed by atoms with van der Waals surface area (Å²) in [6.07, 6.45) is 5.48. The van der Waals surface area contributed by atoms with E-state index in [1.807, 2.05) is 19.9 Å². The Kier molecular flexibility index (Phi) is 2.76. The number of nitrogens with zero attached hydrogens (tertiary/aromatic N) is 2. The van der Waals surface area contributed by atoms with Crippen molar-refractivity contribution in [2.45, 2.75) is 13.8 Å². The highest BCUT2D eigenvalue weighted by atomic mass is 79.9. The second-order valence-corrected chi connectivity index (χ2v) is 3.11. The van der Waals surface area contributed by atoms with Crippen LogP contribution in [0.3, 0.4) is 0 Å². The molecule has 0 N–H and O–H groups in total. The smallest absolute Gasteiger partial charge is 0.154 e. The molecule has 1 aromatic rings. The lowest BCUT2D eigenvalue weighted by molar-refractivity contribution is 1.10. The molecule has 0 radical (unpaired) electrons. The molecule has 0 amide bonds. The molecule has 0 saturated carbocycles. The highest BCUT2D eigenvalue weighted by Crippen LogP contribution is 2.10. The average Bonchev–Trinajstić information content (AvgIpc) is 2.05. The van der Waals surface area contributed by atoms with E-state index >= 15 is 0 Å². The van der Waals surface area contributed by atoms with Crippen molar-refractivity contribution < 1.29 is 0 Å². The Morgan fingerprint density at radius 1 is 1.45 bits per heavy atom. The van der Waals surface area contributed by atoms with Gasteiger partial charge >= 0.3 is 0 Å². The fraction of sp³-hybridized carbons (Fsp3) is 0.250. The molecule has 1 aromatic heterocycles. The van der Waals surface area contributed by atoms with Gasteiger partial charge in [0.25, 0.3) is 0 Å². The molecule has 11 heavy (non-hydrogen) atoms. The Morgan fingerprint density at radius 3 is 2.45 bits per heavy atom. The maximum Gasteiger partial charge on any atom is 0.154 e. The van der Waals surface area contributed by atoms with Gasteiger partial charge in [0.05, 0.1) is 4.47 Å². The lowest BCUT2D eigenvalue weighted by atomic mass is 10.3. The standard InChI is InChI=1S/C8H9BrN2/c1-3-6(2)8-10-4-7(9)5-11-8/h3-5H,1-2H3. The Balaban J connectivity index is 2.99. The first-order valence-corrected chi connectivity index (χ1v) is 4.14. The molecule has 0 atom stereocenters. The quantitative estimate of drug-likeness (QED) is 0.716. The predicted molar refractivity (Wildman–Crippen MR) is 49.1 cm³/mol. The van der Waals surface area contributed by atoms with Gasteiger partial charge in [0, 0.05) is 12.4 Å². The molecule has 0 unspecified atom stereocenters. The highest BCUT2D eigenvalue weighted by molar-refractivity contribution is 9.10. The van der Waals surface area contributed by atoms with Crippen LogP contribution in [0.1, 0.15) is 19.7 Å². The number of rotatable bonds is 1. The van der Waals surface area contributed by atoms with Gasteiger partial charge in [-0.3, -0.25) is 0 Å². The van der Waals surface area contributed by atoms with E-state index in [0.29, 0.717) is 0 Å². The molecule has 0 spiro atoms. The fourth-order valence-corrected chi connectivity index (χ4v) is 0.850. The van der Waals surface area contributed by atoms with Crippen molar-refractivity contribution in [1.29, 1.82) is 0 Å². The number of allylic oxidation sites excluding steroid dienone is 2. The van der Waals surface area contributed by atoms with Crippen molar-refractivity contribution in [3.63, 3.8) is 0 Å². The number of hydrogen-bond acceptors (Lipinski definition) is 2. The lowest BCUT2D eigenvalue weighted by Crippen LogP contribution is -1.89. The normalized spacial score (nSPS) is 11.7. The van der Waals surface area contributed by atoms with Crippen molar-refractivity contribution in [3.8, 4) is 0 Å². The average molecular weight is 213 g/mol. The second-order valence-electron chi connectivity index (χ2n) is 2.20. The maximum absolute atomic E-state index is 4.12. The monoisotopic (exact) mass is 212 g/mol. The van der Waals surface area contributed by atoms with E-state index in [1.165, 1.54) is 0 Å². The Labute approximate surface area is 74.5 Å². The highest BCUT2D eigenvalue weighted by Gasteiger charge is 1.95. The van der Waals surface area contributed by atoms with Gasteiger partial charge < -0.3 is 0 Å². The molecule has 0 aromatic carbocycles. The minimum Gasteiger partial charge on any atom is -0.236 e. The third-order valence-corrected chi connectivity index (χ3v) is 1.82. The molecular formula is C8H9BrN2. The summed E-state index contributed by atoms with van der Waals surface area (Å²) >= 11 is 3.27. The Bertz CT molecular complexity index is 264. The van der Waals surface area contributed by atoms with Crippen molar-refractivity contribution in [2.75, 3.05) is 0 Å². The lowest BCUT2D eigenvalue weighted by Gasteiger charge is -1.96. The zero-order chi connectivity index (χ0) is 8.27. The summed E-state index contributed by atoms with van der Waals surface area (Å²) in [7, 11) is 0. The van der Waals surface area contributed by atoms with E-state index in [9.17, 15) is 0 Å². The van der Waals surface area contributed by atoms with Crippen molar-refractivity contribution in [3.05, 3.63) is 28.8 Å². The van der Waals surface area contributed by atoms with Gasteiger partial charge in [-0.05, 0) is 35.4 Å². The first kappa shape index (κ1) is 8.40. The van der Waals surface area contributed by atoms with Gasteiger partial charge in [-0.1, -0.05) is 6.08 Å². The zero-order valence-electron chi connectivity index (χ0n) is 6.50. The Morgan fingerprint density at radius 2 is 2.00 bits per heavy atom. The van der Waals surface area contributed by atoms with Gasteiger partial charge in [0.2, 0.25) is 0 Å². The summed E-state index contributed by atoms with van der Waals surface area (Å²) in [6.45, 7) is 3.96. The molecule has 3 heteroatoms. The molecule has 0 aliphatic heterocycles. The first-order chi connectivity index (χ1) is 5.24. The number of hydrogen-bond donors (Lipinski definition) is 0. The van der Waals surface area contributed by atoms with E-state index in [1.54, 1.807) is 12.4 Å². The first-order valence-electron chi connectivity index (χ1n) is 3.35.